The number of rotatable bonds is 3. The van der Waals surface area contributed by atoms with Crippen LogP contribution in [-0.2, 0) is 0 Å². The molecule has 1 fully saturated rings. The van der Waals surface area contributed by atoms with Crippen LogP contribution in [0.4, 0.5) is 4.39 Å². The van der Waals surface area contributed by atoms with Crippen molar-refractivity contribution >= 4 is 28.8 Å². The number of alkyl halides is 1. The zero-order valence-electron chi connectivity index (χ0n) is 15.9. The van der Waals surface area contributed by atoms with Crippen molar-refractivity contribution in [2.75, 3.05) is 27.2 Å². The van der Waals surface area contributed by atoms with Crippen LogP contribution in [0.2, 0.25) is 5.15 Å². The minimum absolute atomic E-state index is 0.375. The van der Waals surface area contributed by atoms with Crippen LogP contribution < -0.4 is 4.74 Å². The highest BCUT2D eigenvalue weighted by Gasteiger charge is 2.14. The van der Waals surface area contributed by atoms with Gasteiger partial charge in [0.05, 0.1) is 18.3 Å². The second-order valence-electron chi connectivity index (χ2n) is 6.77. The Bertz CT molecular complexity index is 925. The number of methoxy groups -OCH3 is 1. The zero-order valence-corrected chi connectivity index (χ0v) is 16.7. The molecule has 0 aliphatic carbocycles. The summed E-state index contributed by atoms with van der Waals surface area (Å²) in [6.45, 7) is 1.86. The Labute approximate surface area is 168 Å². The first kappa shape index (κ1) is 20.3. The summed E-state index contributed by atoms with van der Waals surface area (Å²) >= 11 is 6.14. The molecular weight excluding hydrogens is 381 g/mol. The summed E-state index contributed by atoms with van der Waals surface area (Å²) in [7, 11) is 3.65. The molecule has 0 bridgehead atoms. The summed E-state index contributed by atoms with van der Waals surface area (Å²) in [5.41, 5.74) is 2.31. The third-order valence-electron chi connectivity index (χ3n) is 4.76. The van der Waals surface area contributed by atoms with E-state index in [1.54, 1.807) is 23.9 Å². The van der Waals surface area contributed by atoms with Crippen molar-refractivity contribution in [1.82, 2.24) is 14.7 Å². The molecule has 28 heavy (non-hydrogen) atoms. The molecule has 148 valence electrons. The second kappa shape index (κ2) is 9.17. The molecule has 1 aromatic heterocycles. The highest BCUT2D eigenvalue weighted by atomic mass is 35.5. The van der Waals surface area contributed by atoms with Crippen LogP contribution in [-0.4, -0.2) is 54.4 Å². The number of hydrogen-bond acceptors (Lipinski definition) is 4. The molecule has 5 nitrogen and oxygen atoms in total. The van der Waals surface area contributed by atoms with E-state index < -0.39 is 6.17 Å². The number of likely N-dealkylation sites (tertiary alicyclic amines) is 1. The van der Waals surface area contributed by atoms with Crippen molar-refractivity contribution in [1.29, 1.82) is 0 Å². The molecule has 0 unspecified atom stereocenters. The summed E-state index contributed by atoms with van der Waals surface area (Å²) in [6, 6.07) is 12.8. The van der Waals surface area contributed by atoms with Gasteiger partial charge in [0.25, 0.3) is 0 Å². The molecule has 1 saturated heterocycles. The molecule has 0 N–H and O–H groups in total. The third-order valence-corrected chi connectivity index (χ3v) is 5.04. The van der Waals surface area contributed by atoms with Crippen molar-refractivity contribution in [3.8, 4) is 11.4 Å². The van der Waals surface area contributed by atoms with E-state index in [2.05, 4.69) is 10.00 Å². The largest absolute Gasteiger partial charge is 0.497 e. The maximum atomic E-state index is 12.3. The topological polar surface area (TPSA) is 47.4 Å². The van der Waals surface area contributed by atoms with Crippen LogP contribution in [0, 0.1) is 0 Å². The Morgan fingerprint density at radius 3 is 2.43 bits per heavy atom. The average Bonchev–Trinajstić information content (AvgIpc) is 3.06. The number of piperidine rings is 1. The maximum Gasteiger partial charge on any atom is 0.159 e. The van der Waals surface area contributed by atoms with Gasteiger partial charge in [-0.3, -0.25) is 4.79 Å². The van der Waals surface area contributed by atoms with E-state index >= 15 is 0 Å². The predicted molar refractivity (Wildman–Crippen MR) is 110 cm³/mol. The summed E-state index contributed by atoms with van der Waals surface area (Å²) in [4.78, 5) is 13.0. The van der Waals surface area contributed by atoms with Crippen LogP contribution in [0.15, 0.2) is 42.5 Å². The standard InChI is InChI=1S/C15H11ClN2O2.C6H12FN/c1-20-12-5-3-11(4-6-12)18-14-7-2-10(9-19)8-13(14)15(16)17-18;1-8-4-2-6(7)3-5-8/h2-9H,1H3;6H,2-5H2,1H3. The van der Waals surface area contributed by atoms with E-state index in [4.69, 9.17) is 16.3 Å². The molecule has 2 heterocycles. The van der Waals surface area contributed by atoms with Crippen LogP contribution >= 0.6 is 11.6 Å². The van der Waals surface area contributed by atoms with Gasteiger partial charge in [-0.15, -0.1) is 0 Å². The number of ether oxygens (including phenoxy) is 1. The van der Waals surface area contributed by atoms with Crippen LogP contribution in [0.1, 0.15) is 23.2 Å². The Hall–Kier alpha value is -2.44. The number of nitrogens with zero attached hydrogens (tertiary/aromatic N) is 3. The molecule has 0 spiro atoms. The van der Waals surface area contributed by atoms with E-state index in [0.29, 0.717) is 10.7 Å². The highest BCUT2D eigenvalue weighted by Crippen LogP contribution is 2.27. The Morgan fingerprint density at radius 1 is 1.18 bits per heavy atom. The van der Waals surface area contributed by atoms with Crippen molar-refractivity contribution in [2.45, 2.75) is 19.0 Å². The van der Waals surface area contributed by atoms with E-state index in [0.717, 1.165) is 54.6 Å². The third kappa shape index (κ3) is 4.69. The van der Waals surface area contributed by atoms with E-state index in [1.165, 1.54) is 0 Å². The SMILES string of the molecule is CN1CCC(F)CC1.COc1ccc(-n2nc(Cl)c3cc(C=O)ccc32)cc1. The Morgan fingerprint density at radius 2 is 1.86 bits per heavy atom. The number of aldehydes is 1. The van der Waals surface area contributed by atoms with Gasteiger partial charge in [0.2, 0.25) is 0 Å². The minimum atomic E-state index is -0.522. The van der Waals surface area contributed by atoms with Crippen molar-refractivity contribution in [3.63, 3.8) is 0 Å². The molecule has 2 aromatic carbocycles. The quantitative estimate of drug-likeness (QED) is 0.602. The number of carbonyl (C=O) groups excluding carboxylic acids is 1. The Kier molecular flexibility index (Phi) is 6.65. The summed E-state index contributed by atoms with van der Waals surface area (Å²) in [6.07, 6.45) is 1.74. The minimum Gasteiger partial charge on any atom is -0.497 e. The molecule has 1 aliphatic rings. The molecule has 4 rings (SSSR count). The lowest BCUT2D eigenvalue weighted by atomic mass is 10.1. The summed E-state index contributed by atoms with van der Waals surface area (Å²) < 4.78 is 19.2. The van der Waals surface area contributed by atoms with Gasteiger partial charge < -0.3 is 9.64 Å². The molecular formula is C21H23ClFN3O2. The number of hydrogen-bond donors (Lipinski definition) is 0. The molecule has 3 aromatic rings. The van der Waals surface area contributed by atoms with Crippen LogP contribution in [0.3, 0.4) is 0 Å². The smallest absolute Gasteiger partial charge is 0.159 e. The fourth-order valence-corrected chi connectivity index (χ4v) is 3.30. The molecule has 7 heteroatoms. The van der Waals surface area contributed by atoms with E-state index in [9.17, 15) is 9.18 Å². The first-order valence-electron chi connectivity index (χ1n) is 9.12. The lowest BCUT2D eigenvalue weighted by Gasteiger charge is -2.23. The lowest BCUT2D eigenvalue weighted by molar-refractivity contribution is 0.112. The van der Waals surface area contributed by atoms with Crippen molar-refractivity contribution in [2.24, 2.45) is 0 Å². The maximum absolute atomic E-state index is 12.3. The van der Waals surface area contributed by atoms with Crippen LogP contribution in [0.25, 0.3) is 16.6 Å². The lowest BCUT2D eigenvalue weighted by Crippen LogP contribution is -2.30. The van der Waals surface area contributed by atoms with Gasteiger partial charge >= 0.3 is 0 Å². The van der Waals surface area contributed by atoms with Crippen molar-refractivity contribution in [3.05, 3.63) is 53.2 Å². The number of fused-ring (bicyclic) bond motifs is 1. The Balaban J connectivity index is 0.000000236. The van der Waals surface area contributed by atoms with Gasteiger partial charge in [-0.25, -0.2) is 9.07 Å². The predicted octanol–water partition coefficient (Wildman–Crippen LogP) is 4.55. The van der Waals surface area contributed by atoms with Gasteiger partial charge in [0.1, 0.15) is 18.2 Å². The van der Waals surface area contributed by atoms with Gasteiger partial charge in [0, 0.05) is 24.0 Å². The molecule has 0 atom stereocenters. The average molecular weight is 404 g/mol. The normalized spacial score (nSPS) is 15.1. The van der Waals surface area contributed by atoms with Gasteiger partial charge in [0.15, 0.2) is 5.15 Å². The van der Waals surface area contributed by atoms with Gasteiger partial charge in [-0.05, 0) is 62.4 Å². The molecule has 0 radical (unpaired) electrons. The zero-order chi connectivity index (χ0) is 20.1. The van der Waals surface area contributed by atoms with E-state index in [-0.39, 0.29) is 0 Å². The fraction of sp³-hybridized carbons (Fsp3) is 0.333. The summed E-state index contributed by atoms with van der Waals surface area (Å²) in [5, 5.41) is 5.45. The van der Waals surface area contributed by atoms with Gasteiger partial charge in [-0.1, -0.05) is 11.6 Å². The number of benzene rings is 2. The monoisotopic (exact) mass is 403 g/mol. The van der Waals surface area contributed by atoms with E-state index in [1.807, 2.05) is 37.4 Å². The first-order valence-corrected chi connectivity index (χ1v) is 9.50. The van der Waals surface area contributed by atoms with Gasteiger partial charge in [-0.2, -0.15) is 5.10 Å². The molecule has 0 amide bonds. The molecule has 0 saturated carbocycles. The highest BCUT2D eigenvalue weighted by molar-refractivity contribution is 6.34. The van der Waals surface area contributed by atoms with Crippen LogP contribution in [0.5, 0.6) is 5.75 Å². The summed E-state index contributed by atoms with van der Waals surface area (Å²) in [5.74, 6) is 0.777. The number of carbonyl (C=O) groups is 1. The fourth-order valence-electron chi connectivity index (χ4n) is 3.07. The van der Waals surface area contributed by atoms with Crippen molar-refractivity contribution < 1.29 is 13.9 Å². The second-order valence-corrected chi connectivity index (χ2v) is 7.13. The molecule has 1 aliphatic heterocycles. The first-order chi connectivity index (χ1) is 13.5. The number of halogens is 2. The number of aromatic nitrogens is 2.